The summed E-state index contributed by atoms with van der Waals surface area (Å²) in [6.07, 6.45) is 0.979. The summed E-state index contributed by atoms with van der Waals surface area (Å²) in [5.74, 6) is -0.0577. The molecule has 0 atom stereocenters. The Balaban J connectivity index is 1.61. The van der Waals surface area contributed by atoms with Gasteiger partial charge < -0.3 is 15.2 Å². The van der Waals surface area contributed by atoms with Gasteiger partial charge in [-0.1, -0.05) is 18.2 Å². The highest BCUT2D eigenvalue weighted by Gasteiger charge is 2.13. The van der Waals surface area contributed by atoms with Crippen molar-refractivity contribution in [2.75, 3.05) is 26.0 Å². The first-order chi connectivity index (χ1) is 13.0. The Labute approximate surface area is 162 Å². The number of hydrogen-bond donors (Lipinski definition) is 2. The van der Waals surface area contributed by atoms with Crippen LogP contribution in [0.1, 0.15) is 20.9 Å². The van der Waals surface area contributed by atoms with Crippen molar-refractivity contribution in [3.05, 3.63) is 64.7 Å². The number of aryl methyl sites for hydroxylation is 1. The predicted molar refractivity (Wildman–Crippen MR) is 115 cm³/mol. The maximum atomic E-state index is 12.7. The fraction of sp³-hybridized carbons (Fsp3) is 0.227. The van der Waals surface area contributed by atoms with Crippen LogP contribution in [0.3, 0.4) is 0 Å². The highest BCUT2D eigenvalue weighted by molar-refractivity contribution is 7.20. The first-order valence-corrected chi connectivity index (χ1v) is 9.89. The number of thiophene rings is 1. The number of amides is 1. The van der Waals surface area contributed by atoms with E-state index in [0.717, 1.165) is 39.1 Å². The molecule has 0 radical (unpaired) electrons. The van der Waals surface area contributed by atoms with Gasteiger partial charge in [-0.25, -0.2) is 0 Å². The van der Waals surface area contributed by atoms with Crippen LogP contribution in [0.4, 0.5) is 5.69 Å². The average molecular weight is 378 g/mol. The molecule has 0 aliphatic rings. The summed E-state index contributed by atoms with van der Waals surface area (Å²) in [6.45, 7) is 3.10. The van der Waals surface area contributed by atoms with E-state index in [4.69, 9.17) is 0 Å². The molecule has 0 saturated carbocycles. The summed E-state index contributed by atoms with van der Waals surface area (Å²) in [5, 5.41) is 5.35. The van der Waals surface area contributed by atoms with Crippen LogP contribution in [0.25, 0.3) is 21.0 Å². The molecule has 2 aromatic carbocycles. The molecule has 2 heterocycles. The second kappa shape index (κ2) is 7.18. The minimum absolute atomic E-state index is 0.0577. The Kier molecular flexibility index (Phi) is 4.72. The molecule has 27 heavy (non-hydrogen) atoms. The molecule has 138 valence electrons. The lowest BCUT2D eigenvalue weighted by Gasteiger charge is -2.10. The van der Waals surface area contributed by atoms with Gasteiger partial charge in [0.2, 0.25) is 0 Å². The van der Waals surface area contributed by atoms with Gasteiger partial charge in [-0.3, -0.25) is 4.79 Å². The number of H-pyrrole nitrogens is 1. The van der Waals surface area contributed by atoms with E-state index < -0.39 is 0 Å². The summed E-state index contributed by atoms with van der Waals surface area (Å²) in [4.78, 5) is 19.1. The van der Waals surface area contributed by atoms with Crippen LogP contribution in [0, 0.1) is 6.92 Å². The molecule has 0 fully saturated rings. The normalized spacial score (nSPS) is 11.6. The van der Waals surface area contributed by atoms with Crippen LogP contribution in [0.2, 0.25) is 0 Å². The van der Waals surface area contributed by atoms with Gasteiger partial charge in [-0.15, -0.1) is 11.3 Å². The number of aromatic nitrogens is 1. The summed E-state index contributed by atoms with van der Waals surface area (Å²) >= 11 is 1.52. The molecule has 1 amide bonds. The molecule has 5 heteroatoms. The third-order valence-corrected chi connectivity index (χ3v) is 5.95. The van der Waals surface area contributed by atoms with Crippen LogP contribution >= 0.6 is 11.3 Å². The summed E-state index contributed by atoms with van der Waals surface area (Å²) in [7, 11) is 4.17. The fourth-order valence-electron chi connectivity index (χ4n) is 3.40. The van der Waals surface area contributed by atoms with Crippen molar-refractivity contribution in [3.8, 4) is 0 Å². The SMILES string of the molecule is Cc1[nH]c2ccc(NC(=O)c3cc4ccccc4s3)cc2c1CCN(C)C. The van der Waals surface area contributed by atoms with Crippen molar-refractivity contribution in [1.82, 2.24) is 9.88 Å². The Hall–Kier alpha value is -2.63. The second-order valence-corrected chi connectivity index (χ2v) is 8.23. The maximum absolute atomic E-state index is 12.7. The fourth-order valence-corrected chi connectivity index (χ4v) is 4.36. The number of carbonyl (C=O) groups is 1. The quantitative estimate of drug-likeness (QED) is 0.511. The molecule has 2 N–H and O–H groups in total. The second-order valence-electron chi connectivity index (χ2n) is 7.14. The van der Waals surface area contributed by atoms with Crippen molar-refractivity contribution < 1.29 is 4.79 Å². The lowest BCUT2D eigenvalue weighted by molar-refractivity contribution is 0.103. The molecule has 2 aromatic heterocycles. The van der Waals surface area contributed by atoms with E-state index in [1.807, 2.05) is 42.5 Å². The van der Waals surface area contributed by atoms with Crippen LogP contribution in [0.5, 0.6) is 0 Å². The highest BCUT2D eigenvalue weighted by Crippen LogP contribution is 2.28. The monoisotopic (exact) mass is 377 g/mol. The molecule has 4 aromatic rings. The van der Waals surface area contributed by atoms with Gasteiger partial charge >= 0.3 is 0 Å². The van der Waals surface area contributed by atoms with Gasteiger partial charge in [0.05, 0.1) is 4.88 Å². The Bertz CT molecular complexity index is 1090. The van der Waals surface area contributed by atoms with Crippen molar-refractivity contribution in [2.45, 2.75) is 13.3 Å². The lowest BCUT2D eigenvalue weighted by Crippen LogP contribution is -2.15. The number of nitrogens with zero attached hydrogens (tertiary/aromatic N) is 1. The standard InChI is InChI=1S/C22H23N3OS/c1-14-17(10-11-25(2)3)18-13-16(8-9-19(18)23-14)24-22(26)21-12-15-6-4-5-7-20(15)27-21/h4-9,12-13,23H,10-11H2,1-3H3,(H,24,26). The predicted octanol–water partition coefficient (Wildman–Crippen LogP) is 5.05. The number of hydrogen-bond acceptors (Lipinski definition) is 3. The van der Waals surface area contributed by atoms with E-state index in [-0.39, 0.29) is 5.91 Å². The maximum Gasteiger partial charge on any atom is 0.265 e. The average Bonchev–Trinajstić information content (AvgIpc) is 3.20. The van der Waals surface area contributed by atoms with Crippen LogP contribution in [-0.2, 0) is 6.42 Å². The number of likely N-dealkylation sites (N-methyl/N-ethyl adjacent to an activating group) is 1. The van der Waals surface area contributed by atoms with E-state index >= 15 is 0 Å². The number of rotatable bonds is 5. The Morgan fingerprint density at radius 2 is 1.96 bits per heavy atom. The summed E-state index contributed by atoms with van der Waals surface area (Å²) < 4.78 is 1.13. The lowest BCUT2D eigenvalue weighted by atomic mass is 10.1. The Morgan fingerprint density at radius 1 is 1.15 bits per heavy atom. The number of benzene rings is 2. The molecule has 0 aliphatic heterocycles. The van der Waals surface area contributed by atoms with Gasteiger partial charge in [0.25, 0.3) is 5.91 Å². The zero-order valence-electron chi connectivity index (χ0n) is 15.8. The topological polar surface area (TPSA) is 48.1 Å². The van der Waals surface area contributed by atoms with Crippen LogP contribution in [-0.4, -0.2) is 36.4 Å². The Morgan fingerprint density at radius 3 is 2.74 bits per heavy atom. The van der Waals surface area contributed by atoms with Crippen molar-refractivity contribution in [2.24, 2.45) is 0 Å². The molecule has 0 unspecified atom stereocenters. The smallest absolute Gasteiger partial charge is 0.265 e. The first kappa shape index (κ1) is 17.8. The molecule has 0 aliphatic carbocycles. The molecule has 0 spiro atoms. The molecule has 4 nitrogen and oxygen atoms in total. The van der Waals surface area contributed by atoms with Crippen molar-refractivity contribution in [1.29, 1.82) is 0 Å². The molecular formula is C22H23N3OS. The van der Waals surface area contributed by atoms with Crippen LogP contribution in [0.15, 0.2) is 48.5 Å². The minimum Gasteiger partial charge on any atom is -0.358 e. The third kappa shape index (κ3) is 3.61. The molecular weight excluding hydrogens is 354 g/mol. The van der Waals surface area contributed by atoms with Crippen LogP contribution < -0.4 is 5.32 Å². The summed E-state index contributed by atoms with van der Waals surface area (Å²) in [5.41, 5.74) is 4.45. The minimum atomic E-state index is -0.0577. The van der Waals surface area contributed by atoms with Gasteiger partial charge in [0, 0.05) is 33.5 Å². The number of fused-ring (bicyclic) bond motifs is 2. The van der Waals surface area contributed by atoms with Gasteiger partial charge in [-0.2, -0.15) is 0 Å². The van der Waals surface area contributed by atoms with Crippen molar-refractivity contribution >= 4 is 43.9 Å². The molecule has 0 bridgehead atoms. The van der Waals surface area contributed by atoms with Crippen molar-refractivity contribution in [3.63, 3.8) is 0 Å². The zero-order chi connectivity index (χ0) is 19.0. The number of aromatic amines is 1. The van der Waals surface area contributed by atoms with E-state index in [0.29, 0.717) is 0 Å². The number of carbonyl (C=O) groups excluding carboxylic acids is 1. The molecule has 4 rings (SSSR count). The largest absolute Gasteiger partial charge is 0.358 e. The number of nitrogens with one attached hydrogen (secondary N) is 2. The van der Waals surface area contributed by atoms with Gasteiger partial charge in [0.15, 0.2) is 0 Å². The third-order valence-electron chi connectivity index (χ3n) is 4.84. The van der Waals surface area contributed by atoms with Gasteiger partial charge in [-0.05, 0) is 68.7 Å². The summed E-state index contributed by atoms with van der Waals surface area (Å²) in [6, 6.07) is 16.1. The zero-order valence-corrected chi connectivity index (χ0v) is 16.6. The van der Waals surface area contributed by atoms with E-state index in [2.05, 4.69) is 42.3 Å². The first-order valence-electron chi connectivity index (χ1n) is 9.07. The van der Waals surface area contributed by atoms with E-state index in [9.17, 15) is 4.79 Å². The molecule has 0 saturated heterocycles. The van der Waals surface area contributed by atoms with E-state index in [1.165, 1.54) is 28.0 Å². The van der Waals surface area contributed by atoms with E-state index in [1.54, 1.807) is 0 Å². The highest BCUT2D eigenvalue weighted by atomic mass is 32.1. The number of anilines is 1. The van der Waals surface area contributed by atoms with Gasteiger partial charge in [0.1, 0.15) is 0 Å².